The molecule has 4 nitrogen and oxygen atoms in total. The third-order valence-corrected chi connectivity index (χ3v) is 4.47. The Labute approximate surface area is 164 Å². The number of nitrogens with one attached hydrogen (secondary N) is 1. The highest BCUT2D eigenvalue weighted by Gasteiger charge is 2.15. The fourth-order valence-corrected chi connectivity index (χ4v) is 2.99. The van der Waals surface area contributed by atoms with Gasteiger partial charge in [0.05, 0.1) is 17.4 Å². The fourth-order valence-electron chi connectivity index (χ4n) is 2.99. The summed E-state index contributed by atoms with van der Waals surface area (Å²) >= 11 is 0. The van der Waals surface area contributed by atoms with Crippen LogP contribution < -0.4 is 11.2 Å². The Balaban J connectivity index is 1.72. The number of nitrogens with zero attached hydrogens (tertiary/aromatic N) is 1. The largest absolute Gasteiger partial charge is 0.329 e. The maximum absolute atomic E-state index is 14.6. The first-order valence-corrected chi connectivity index (χ1v) is 8.80. The Morgan fingerprint density at radius 2 is 1.45 bits per heavy atom. The second kappa shape index (κ2) is 7.56. The van der Waals surface area contributed by atoms with Gasteiger partial charge >= 0.3 is 5.69 Å². The lowest BCUT2D eigenvalue weighted by Gasteiger charge is -2.09. The molecule has 0 atom stereocenters. The van der Waals surface area contributed by atoms with Gasteiger partial charge in [-0.25, -0.2) is 13.6 Å². The van der Waals surface area contributed by atoms with Crippen LogP contribution in [0, 0.1) is 23.5 Å². The molecule has 0 aliphatic carbocycles. The summed E-state index contributed by atoms with van der Waals surface area (Å²) in [5, 5.41) is 0.262. The predicted octanol–water partition coefficient (Wildman–Crippen LogP) is 3.42. The first-order chi connectivity index (χ1) is 14.0. The van der Waals surface area contributed by atoms with Gasteiger partial charge in [-0.15, -0.1) is 0 Å². The number of halogens is 2. The SMILES string of the molecule is O=c1[nH]c2ccccc2c(=O)n1Cc1c(F)cc(C#Cc2ccccc2)cc1F. The lowest BCUT2D eigenvalue weighted by molar-refractivity contribution is 0.537. The van der Waals surface area contributed by atoms with Crippen LogP contribution in [-0.2, 0) is 6.54 Å². The molecule has 1 N–H and O–H groups in total. The Kier molecular flexibility index (Phi) is 4.80. The fraction of sp³-hybridized carbons (Fsp3) is 0.0435. The molecule has 3 aromatic carbocycles. The van der Waals surface area contributed by atoms with E-state index in [0.717, 1.165) is 16.7 Å². The monoisotopic (exact) mass is 388 g/mol. The first kappa shape index (κ1) is 18.4. The number of benzene rings is 3. The highest BCUT2D eigenvalue weighted by Crippen LogP contribution is 2.16. The van der Waals surface area contributed by atoms with E-state index in [1.807, 2.05) is 18.2 Å². The maximum Gasteiger partial charge on any atom is 0.329 e. The second-order valence-electron chi connectivity index (χ2n) is 6.40. The van der Waals surface area contributed by atoms with Crippen molar-refractivity contribution >= 4 is 10.9 Å². The van der Waals surface area contributed by atoms with Crippen LogP contribution in [0.4, 0.5) is 8.78 Å². The topological polar surface area (TPSA) is 54.9 Å². The van der Waals surface area contributed by atoms with Gasteiger partial charge in [-0.3, -0.25) is 9.36 Å². The number of aromatic amines is 1. The van der Waals surface area contributed by atoms with Crippen molar-refractivity contribution in [1.82, 2.24) is 9.55 Å². The normalized spacial score (nSPS) is 10.6. The summed E-state index contributed by atoms with van der Waals surface area (Å²) in [5.74, 6) is 3.80. The summed E-state index contributed by atoms with van der Waals surface area (Å²) in [5.41, 5.74) is -0.486. The number of para-hydroxylation sites is 1. The number of hydrogen-bond acceptors (Lipinski definition) is 2. The maximum atomic E-state index is 14.6. The average molecular weight is 388 g/mol. The summed E-state index contributed by atoms with van der Waals surface area (Å²) < 4.78 is 29.9. The Morgan fingerprint density at radius 1 is 0.828 bits per heavy atom. The van der Waals surface area contributed by atoms with Crippen LogP contribution in [0.3, 0.4) is 0 Å². The van der Waals surface area contributed by atoms with Crippen LogP contribution in [0.25, 0.3) is 10.9 Å². The van der Waals surface area contributed by atoms with Crippen molar-refractivity contribution in [3.63, 3.8) is 0 Å². The summed E-state index contributed by atoms with van der Waals surface area (Å²) in [6.07, 6.45) is 0. The van der Waals surface area contributed by atoms with Gasteiger partial charge in [0, 0.05) is 16.7 Å². The lowest BCUT2D eigenvalue weighted by atomic mass is 10.1. The molecule has 142 valence electrons. The van der Waals surface area contributed by atoms with Crippen molar-refractivity contribution in [3.05, 3.63) is 116 Å². The molecule has 29 heavy (non-hydrogen) atoms. The summed E-state index contributed by atoms with van der Waals surface area (Å²) in [6, 6.07) is 17.7. The predicted molar refractivity (Wildman–Crippen MR) is 107 cm³/mol. The number of fused-ring (bicyclic) bond motifs is 1. The Bertz CT molecular complexity index is 1370. The number of rotatable bonds is 2. The van der Waals surface area contributed by atoms with Crippen molar-refractivity contribution < 1.29 is 8.78 Å². The zero-order valence-corrected chi connectivity index (χ0v) is 15.1. The van der Waals surface area contributed by atoms with Crippen LogP contribution >= 0.6 is 0 Å². The molecule has 0 fully saturated rings. The van der Waals surface area contributed by atoms with Gasteiger partial charge in [0.1, 0.15) is 11.6 Å². The molecular formula is C23H14F2N2O2. The number of H-pyrrole nitrogens is 1. The molecule has 1 heterocycles. The van der Waals surface area contributed by atoms with Crippen molar-refractivity contribution in [2.75, 3.05) is 0 Å². The standard InChI is InChI=1S/C23H14F2N2O2/c24-19-12-16(11-10-15-6-2-1-3-7-15)13-20(25)18(19)14-27-22(28)17-8-4-5-9-21(17)26-23(27)29/h1-9,12-13H,14H2,(H,26,29). The molecule has 4 rings (SSSR count). The number of aromatic nitrogens is 2. The van der Waals surface area contributed by atoms with E-state index in [-0.39, 0.29) is 16.5 Å². The van der Waals surface area contributed by atoms with E-state index in [2.05, 4.69) is 16.8 Å². The quantitative estimate of drug-likeness (QED) is 0.535. The molecule has 0 aliphatic rings. The van der Waals surface area contributed by atoms with Crippen LogP contribution in [0.5, 0.6) is 0 Å². The molecule has 0 spiro atoms. The van der Waals surface area contributed by atoms with Crippen LogP contribution in [0.2, 0.25) is 0 Å². The highest BCUT2D eigenvalue weighted by atomic mass is 19.1. The smallest absolute Gasteiger partial charge is 0.307 e. The zero-order valence-electron chi connectivity index (χ0n) is 15.1. The van der Waals surface area contributed by atoms with Gasteiger partial charge < -0.3 is 4.98 Å². The van der Waals surface area contributed by atoms with E-state index < -0.39 is 29.4 Å². The minimum Gasteiger partial charge on any atom is -0.307 e. The molecule has 1 aromatic heterocycles. The van der Waals surface area contributed by atoms with Crippen molar-refractivity contribution in [1.29, 1.82) is 0 Å². The van der Waals surface area contributed by atoms with Crippen LogP contribution in [0.15, 0.2) is 76.3 Å². The molecule has 0 radical (unpaired) electrons. The molecule has 4 aromatic rings. The van der Waals surface area contributed by atoms with Crippen molar-refractivity contribution in [3.8, 4) is 11.8 Å². The highest BCUT2D eigenvalue weighted by molar-refractivity contribution is 5.76. The second-order valence-corrected chi connectivity index (χ2v) is 6.40. The molecule has 0 amide bonds. The molecule has 0 aliphatic heterocycles. The average Bonchev–Trinajstić information content (AvgIpc) is 2.72. The van der Waals surface area contributed by atoms with E-state index in [1.165, 1.54) is 0 Å². The molecule has 6 heteroatoms. The van der Waals surface area contributed by atoms with E-state index in [4.69, 9.17) is 0 Å². The van der Waals surface area contributed by atoms with Crippen LogP contribution in [-0.4, -0.2) is 9.55 Å². The molecular weight excluding hydrogens is 374 g/mol. The Morgan fingerprint density at radius 3 is 2.17 bits per heavy atom. The summed E-state index contributed by atoms with van der Waals surface area (Å²) in [6.45, 7) is -0.525. The summed E-state index contributed by atoms with van der Waals surface area (Å²) in [4.78, 5) is 27.4. The third-order valence-electron chi connectivity index (χ3n) is 4.47. The minimum atomic E-state index is -0.873. The van der Waals surface area contributed by atoms with Gasteiger partial charge in [-0.1, -0.05) is 42.2 Å². The van der Waals surface area contributed by atoms with E-state index in [1.54, 1.807) is 36.4 Å². The molecule has 0 unspecified atom stereocenters. The summed E-state index contributed by atoms with van der Waals surface area (Å²) in [7, 11) is 0. The molecule has 0 bridgehead atoms. The van der Waals surface area contributed by atoms with Crippen LogP contribution in [0.1, 0.15) is 16.7 Å². The van der Waals surface area contributed by atoms with Gasteiger partial charge in [0.25, 0.3) is 5.56 Å². The lowest BCUT2D eigenvalue weighted by Crippen LogP contribution is -2.35. The number of hydrogen-bond donors (Lipinski definition) is 1. The third kappa shape index (κ3) is 3.71. The first-order valence-electron chi connectivity index (χ1n) is 8.80. The van der Waals surface area contributed by atoms with E-state index in [9.17, 15) is 18.4 Å². The van der Waals surface area contributed by atoms with Gasteiger partial charge in [-0.2, -0.15) is 0 Å². The molecule has 0 saturated carbocycles. The van der Waals surface area contributed by atoms with E-state index >= 15 is 0 Å². The minimum absolute atomic E-state index is 0.160. The van der Waals surface area contributed by atoms with Gasteiger partial charge in [0.15, 0.2) is 0 Å². The zero-order chi connectivity index (χ0) is 20.4. The van der Waals surface area contributed by atoms with Crippen molar-refractivity contribution in [2.45, 2.75) is 6.54 Å². The molecule has 0 saturated heterocycles. The van der Waals surface area contributed by atoms with Gasteiger partial charge in [0.2, 0.25) is 0 Å². The Hall–Kier alpha value is -3.98. The van der Waals surface area contributed by atoms with E-state index in [0.29, 0.717) is 11.1 Å². The van der Waals surface area contributed by atoms with Crippen molar-refractivity contribution in [2.24, 2.45) is 0 Å². The van der Waals surface area contributed by atoms with Gasteiger partial charge in [-0.05, 0) is 36.4 Å².